The predicted octanol–water partition coefficient (Wildman–Crippen LogP) is 4.05. The zero-order valence-corrected chi connectivity index (χ0v) is 15.0. The molecule has 0 spiro atoms. The Balaban J connectivity index is 1.81. The van der Waals surface area contributed by atoms with Crippen LogP contribution in [0.25, 0.3) is 0 Å². The zero-order chi connectivity index (χ0) is 15.9. The molecule has 0 atom stereocenters. The van der Waals surface area contributed by atoms with E-state index in [1.165, 1.54) is 0 Å². The third-order valence-corrected chi connectivity index (χ3v) is 4.13. The van der Waals surface area contributed by atoms with Crippen molar-refractivity contribution in [2.75, 3.05) is 6.61 Å². The first-order chi connectivity index (χ1) is 10.5. The summed E-state index contributed by atoms with van der Waals surface area (Å²) in [5.41, 5.74) is 4.36. The maximum absolute atomic E-state index is 11.7. The molecule has 0 unspecified atom stereocenters. The van der Waals surface area contributed by atoms with Gasteiger partial charge in [-0.15, -0.1) is 0 Å². The number of hydrogen-bond acceptors (Lipinski definition) is 3. The molecule has 0 heterocycles. The summed E-state index contributed by atoms with van der Waals surface area (Å²) in [5, 5.41) is 3.89. The number of hydrogen-bond donors (Lipinski definition) is 1. The van der Waals surface area contributed by atoms with E-state index in [9.17, 15) is 4.79 Å². The summed E-state index contributed by atoms with van der Waals surface area (Å²) in [5.74, 6) is 0.332. The van der Waals surface area contributed by atoms with E-state index in [4.69, 9.17) is 4.74 Å². The summed E-state index contributed by atoms with van der Waals surface area (Å²) < 4.78 is 7.37. The number of nitrogens with zero attached hydrogens (tertiary/aromatic N) is 1. The first-order valence-corrected chi connectivity index (χ1v) is 8.09. The highest BCUT2D eigenvalue weighted by molar-refractivity contribution is 9.10. The van der Waals surface area contributed by atoms with E-state index in [1.54, 1.807) is 12.3 Å². The fourth-order valence-electron chi connectivity index (χ4n) is 1.65. The molecular weight excluding hydrogens is 412 g/mol. The molecule has 2 rings (SSSR count). The Kier molecular flexibility index (Phi) is 6.15. The van der Waals surface area contributed by atoms with Crippen LogP contribution in [0.1, 0.15) is 11.1 Å². The van der Waals surface area contributed by atoms with Gasteiger partial charge in [0.2, 0.25) is 0 Å². The topological polar surface area (TPSA) is 50.7 Å². The second-order valence-corrected chi connectivity index (χ2v) is 6.32. The van der Waals surface area contributed by atoms with Crippen LogP contribution in [0.5, 0.6) is 5.75 Å². The van der Waals surface area contributed by atoms with Gasteiger partial charge in [0, 0.05) is 8.95 Å². The molecule has 0 aromatic heterocycles. The van der Waals surface area contributed by atoms with Crippen molar-refractivity contribution in [3.8, 4) is 5.75 Å². The minimum Gasteiger partial charge on any atom is -0.484 e. The van der Waals surface area contributed by atoms with Crippen LogP contribution in [0.4, 0.5) is 0 Å². The lowest BCUT2D eigenvalue weighted by Gasteiger charge is -2.06. The SMILES string of the molecule is Cc1cc(OCC(=O)N/N=C/c2cccc(Br)c2)ccc1Br. The zero-order valence-electron chi connectivity index (χ0n) is 11.8. The number of carbonyl (C=O) groups excluding carboxylic acids is 1. The minimum absolute atomic E-state index is 0.0864. The molecule has 0 aliphatic carbocycles. The van der Waals surface area contributed by atoms with Gasteiger partial charge in [0.15, 0.2) is 6.61 Å². The van der Waals surface area contributed by atoms with Crippen molar-refractivity contribution in [3.63, 3.8) is 0 Å². The molecule has 6 heteroatoms. The highest BCUT2D eigenvalue weighted by atomic mass is 79.9. The van der Waals surface area contributed by atoms with Gasteiger partial charge in [-0.1, -0.05) is 44.0 Å². The fourth-order valence-corrected chi connectivity index (χ4v) is 2.32. The Bertz CT molecular complexity index is 702. The Hall–Kier alpha value is -1.66. The molecule has 1 N–H and O–H groups in total. The van der Waals surface area contributed by atoms with Crippen LogP contribution in [0.2, 0.25) is 0 Å². The van der Waals surface area contributed by atoms with E-state index < -0.39 is 0 Å². The lowest BCUT2D eigenvalue weighted by Crippen LogP contribution is -2.24. The Morgan fingerprint density at radius 3 is 2.82 bits per heavy atom. The van der Waals surface area contributed by atoms with Crippen LogP contribution in [0, 0.1) is 6.92 Å². The van der Waals surface area contributed by atoms with Gasteiger partial charge in [0.05, 0.1) is 6.21 Å². The van der Waals surface area contributed by atoms with Gasteiger partial charge in [-0.25, -0.2) is 5.43 Å². The van der Waals surface area contributed by atoms with Crippen LogP contribution in [-0.2, 0) is 4.79 Å². The maximum atomic E-state index is 11.7. The van der Waals surface area contributed by atoms with E-state index in [2.05, 4.69) is 42.4 Å². The summed E-state index contributed by atoms with van der Waals surface area (Å²) in [6.45, 7) is 1.87. The number of amides is 1. The molecule has 0 fully saturated rings. The summed E-state index contributed by atoms with van der Waals surface area (Å²) >= 11 is 6.79. The van der Waals surface area contributed by atoms with Gasteiger partial charge in [0.25, 0.3) is 5.91 Å². The van der Waals surface area contributed by atoms with Crippen LogP contribution in [0.3, 0.4) is 0 Å². The van der Waals surface area contributed by atoms with Crippen LogP contribution >= 0.6 is 31.9 Å². The molecule has 114 valence electrons. The van der Waals surface area contributed by atoms with Gasteiger partial charge < -0.3 is 4.74 Å². The number of halogens is 2. The van der Waals surface area contributed by atoms with Crippen molar-refractivity contribution in [1.29, 1.82) is 0 Å². The quantitative estimate of drug-likeness (QED) is 0.580. The molecule has 0 saturated carbocycles. The first kappa shape index (κ1) is 16.7. The number of hydrazone groups is 1. The van der Waals surface area contributed by atoms with Gasteiger partial charge in [-0.05, 0) is 48.4 Å². The number of aryl methyl sites for hydroxylation is 1. The number of rotatable bonds is 5. The predicted molar refractivity (Wildman–Crippen MR) is 94.3 cm³/mol. The number of carbonyl (C=O) groups is 1. The third kappa shape index (κ3) is 5.27. The van der Waals surface area contributed by atoms with E-state index >= 15 is 0 Å². The molecule has 0 saturated heterocycles. The van der Waals surface area contributed by atoms with Crippen LogP contribution in [0.15, 0.2) is 56.5 Å². The molecule has 1 amide bonds. The van der Waals surface area contributed by atoms with E-state index in [0.29, 0.717) is 5.75 Å². The molecule has 0 bridgehead atoms. The molecule has 22 heavy (non-hydrogen) atoms. The largest absolute Gasteiger partial charge is 0.484 e. The second kappa shape index (κ2) is 8.10. The lowest BCUT2D eigenvalue weighted by molar-refractivity contribution is -0.123. The maximum Gasteiger partial charge on any atom is 0.277 e. The van der Waals surface area contributed by atoms with E-state index in [1.807, 2.05) is 43.3 Å². The molecule has 2 aromatic rings. The summed E-state index contributed by atoms with van der Waals surface area (Å²) in [7, 11) is 0. The monoisotopic (exact) mass is 424 g/mol. The van der Waals surface area contributed by atoms with Gasteiger partial charge in [-0.3, -0.25) is 4.79 Å². The van der Waals surface area contributed by atoms with Crippen molar-refractivity contribution in [2.45, 2.75) is 6.92 Å². The van der Waals surface area contributed by atoms with Gasteiger partial charge in [0.1, 0.15) is 5.75 Å². The van der Waals surface area contributed by atoms with E-state index in [0.717, 1.165) is 20.1 Å². The van der Waals surface area contributed by atoms with E-state index in [-0.39, 0.29) is 12.5 Å². The molecule has 2 aromatic carbocycles. The first-order valence-electron chi connectivity index (χ1n) is 6.51. The highest BCUT2D eigenvalue weighted by Crippen LogP contribution is 2.21. The molecule has 0 aliphatic rings. The normalized spacial score (nSPS) is 10.7. The highest BCUT2D eigenvalue weighted by Gasteiger charge is 2.03. The number of ether oxygens (including phenoxy) is 1. The second-order valence-electron chi connectivity index (χ2n) is 4.55. The third-order valence-electron chi connectivity index (χ3n) is 2.75. The standard InChI is InChI=1S/C16H14Br2N2O2/c1-11-7-14(5-6-15(11)18)22-10-16(21)20-19-9-12-3-2-4-13(17)8-12/h2-9H,10H2,1H3,(H,20,21)/b19-9+. The lowest BCUT2D eigenvalue weighted by atomic mass is 10.2. The molecule has 0 aliphatic heterocycles. The molecule has 4 nitrogen and oxygen atoms in total. The average molecular weight is 426 g/mol. The van der Waals surface area contributed by atoms with Gasteiger partial charge >= 0.3 is 0 Å². The number of nitrogens with one attached hydrogen (secondary N) is 1. The van der Waals surface area contributed by atoms with Crippen LogP contribution < -0.4 is 10.2 Å². The Morgan fingerprint density at radius 1 is 1.27 bits per heavy atom. The Labute approximate surface area is 145 Å². The Morgan fingerprint density at radius 2 is 2.09 bits per heavy atom. The summed E-state index contributed by atoms with van der Waals surface area (Å²) in [6, 6.07) is 13.2. The van der Waals surface area contributed by atoms with Crippen molar-refractivity contribution in [1.82, 2.24) is 5.43 Å². The molecule has 0 radical (unpaired) electrons. The van der Waals surface area contributed by atoms with Crippen molar-refractivity contribution in [2.24, 2.45) is 5.10 Å². The van der Waals surface area contributed by atoms with Crippen molar-refractivity contribution in [3.05, 3.63) is 62.5 Å². The van der Waals surface area contributed by atoms with Gasteiger partial charge in [-0.2, -0.15) is 5.10 Å². The minimum atomic E-state index is -0.313. The van der Waals surface area contributed by atoms with Crippen molar-refractivity contribution < 1.29 is 9.53 Å². The summed E-state index contributed by atoms with van der Waals surface area (Å²) in [6.07, 6.45) is 1.58. The fraction of sp³-hybridized carbons (Fsp3) is 0.125. The smallest absolute Gasteiger partial charge is 0.277 e. The van der Waals surface area contributed by atoms with Crippen LogP contribution in [-0.4, -0.2) is 18.7 Å². The molecular formula is C16H14Br2N2O2. The number of benzene rings is 2. The summed E-state index contributed by atoms with van der Waals surface area (Å²) in [4.78, 5) is 11.7. The average Bonchev–Trinajstić information content (AvgIpc) is 2.48. The van der Waals surface area contributed by atoms with Crippen molar-refractivity contribution >= 4 is 44.0 Å².